The Labute approximate surface area is 186 Å². The van der Waals surface area contributed by atoms with E-state index < -0.39 is 5.91 Å². The maximum atomic E-state index is 12.9. The summed E-state index contributed by atoms with van der Waals surface area (Å²) in [6.45, 7) is 1.86. The van der Waals surface area contributed by atoms with Crippen LogP contribution in [0.3, 0.4) is 0 Å². The van der Waals surface area contributed by atoms with Crippen LogP contribution in [0.2, 0.25) is 0 Å². The molecule has 0 unspecified atom stereocenters. The zero-order valence-corrected chi connectivity index (χ0v) is 17.9. The third-order valence-corrected chi connectivity index (χ3v) is 5.65. The second-order valence-corrected chi connectivity index (χ2v) is 7.78. The molecule has 2 aromatic carbocycles. The highest BCUT2D eigenvalue weighted by atomic mass is 16.2. The van der Waals surface area contributed by atoms with Gasteiger partial charge in [-0.15, -0.1) is 0 Å². The van der Waals surface area contributed by atoms with Crippen molar-refractivity contribution >= 4 is 23.3 Å². The van der Waals surface area contributed by atoms with Gasteiger partial charge in [-0.25, -0.2) is 9.97 Å². The monoisotopic (exact) mass is 430 g/mol. The molecule has 0 saturated carbocycles. The second-order valence-electron chi connectivity index (χ2n) is 7.78. The van der Waals surface area contributed by atoms with Crippen molar-refractivity contribution < 1.29 is 9.59 Å². The van der Waals surface area contributed by atoms with E-state index >= 15 is 0 Å². The zero-order chi connectivity index (χ0) is 22.5. The van der Waals surface area contributed by atoms with Crippen molar-refractivity contribution in [2.75, 3.05) is 31.2 Å². The van der Waals surface area contributed by atoms with Crippen LogP contribution < -0.4 is 16.4 Å². The summed E-state index contributed by atoms with van der Waals surface area (Å²) in [6, 6.07) is 16.5. The molecule has 8 heteroatoms. The highest BCUT2D eigenvalue weighted by Gasteiger charge is 2.23. The van der Waals surface area contributed by atoms with Gasteiger partial charge in [0.2, 0.25) is 0 Å². The van der Waals surface area contributed by atoms with Crippen molar-refractivity contribution in [3.63, 3.8) is 0 Å². The highest BCUT2D eigenvalue weighted by molar-refractivity contribution is 6.06. The number of piperidine rings is 1. The summed E-state index contributed by atoms with van der Waals surface area (Å²) in [5.41, 5.74) is 8.45. The molecule has 3 aromatic rings. The molecule has 1 fully saturated rings. The second kappa shape index (κ2) is 9.57. The molecule has 1 saturated heterocycles. The minimum atomic E-state index is -0.432. The number of carbonyl (C=O) groups excluding carboxylic acids is 2. The first-order valence-electron chi connectivity index (χ1n) is 10.6. The van der Waals surface area contributed by atoms with Crippen LogP contribution in [0.15, 0.2) is 60.8 Å². The lowest BCUT2D eigenvalue weighted by Gasteiger charge is -2.31. The molecule has 2 heterocycles. The number of para-hydroxylation sites is 1. The molecule has 1 aliphatic heterocycles. The average Bonchev–Trinajstić information content (AvgIpc) is 2.84. The molecular formula is C24H26N6O2. The Morgan fingerprint density at radius 3 is 2.44 bits per heavy atom. The average molecular weight is 431 g/mol. The summed E-state index contributed by atoms with van der Waals surface area (Å²) < 4.78 is 0. The number of nitrogens with zero attached hydrogens (tertiary/aromatic N) is 3. The lowest BCUT2D eigenvalue weighted by atomic mass is 10.0. The number of hydrogen-bond donors (Lipinski definition) is 3. The van der Waals surface area contributed by atoms with Crippen molar-refractivity contribution in [3.8, 4) is 11.3 Å². The minimum Gasteiger partial charge on any atom is -0.382 e. The standard InChI is InChI=1S/C24H26N6O2/c1-30(19-11-13-26-14-12-19)24(32)17-9-7-16(8-10-17)20-15-27-22(25)21(29-20)23(31)28-18-5-3-2-4-6-18/h2-10,15,19,26H,11-14H2,1H3,(H2,25,27)(H,28,31). The number of carbonyl (C=O) groups is 2. The van der Waals surface area contributed by atoms with E-state index in [1.807, 2.05) is 42.3 Å². The quantitative estimate of drug-likeness (QED) is 0.574. The van der Waals surface area contributed by atoms with Crippen LogP contribution in [0.1, 0.15) is 33.7 Å². The van der Waals surface area contributed by atoms with Crippen molar-refractivity contribution in [2.45, 2.75) is 18.9 Å². The Morgan fingerprint density at radius 1 is 1.06 bits per heavy atom. The van der Waals surface area contributed by atoms with Crippen LogP contribution in [0.25, 0.3) is 11.3 Å². The number of nitrogen functional groups attached to an aromatic ring is 1. The summed E-state index contributed by atoms with van der Waals surface area (Å²) >= 11 is 0. The zero-order valence-electron chi connectivity index (χ0n) is 17.9. The van der Waals surface area contributed by atoms with Gasteiger partial charge in [0.25, 0.3) is 11.8 Å². The Kier molecular flexibility index (Phi) is 6.42. The van der Waals surface area contributed by atoms with E-state index in [1.54, 1.807) is 24.3 Å². The maximum absolute atomic E-state index is 12.9. The third kappa shape index (κ3) is 4.76. The number of hydrogen-bond acceptors (Lipinski definition) is 6. The molecule has 4 rings (SSSR count). The van der Waals surface area contributed by atoms with E-state index in [4.69, 9.17) is 5.73 Å². The smallest absolute Gasteiger partial charge is 0.278 e. The van der Waals surface area contributed by atoms with Crippen LogP contribution in [0, 0.1) is 0 Å². The molecule has 0 spiro atoms. The fourth-order valence-corrected chi connectivity index (χ4v) is 3.76. The molecule has 32 heavy (non-hydrogen) atoms. The molecule has 0 radical (unpaired) electrons. The number of anilines is 2. The number of nitrogens with one attached hydrogen (secondary N) is 2. The normalized spacial score (nSPS) is 14.0. The van der Waals surface area contributed by atoms with E-state index in [0.29, 0.717) is 16.9 Å². The molecule has 0 aliphatic carbocycles. The van der Waals surface area contributed by atoms with Crippen molar-refractivity contribution in [2.24, 2.45) is 0 Å². The predicted octanol–water partition coefficient (Wildman–Crippen LogP) is 2.80. The van der Waals surface area contributed by atoms with Gasteiger partial charge < -0.3 is 21.3 Å². The fraction of sp³-hybridized carbons (Fsp3) is 0.250. The van der Waals surface area contributed by atoms with Gasteiger partial charge in [-0.3, -0.25) is 9.59 Å². The van der Waals surface area contributed by atoms with Crippen molar-refractivity contribution in [1.82, 2.24) is 20.2 Å². The van der Waals surface area contributed by atoms with Crippen LogP contribution in [-0.2, 0) is 0 Å². The van der Waals surface area contributed by atoms with Crippen LogP contribution >= 0.6 is 0 Å². The molecule has 164 valence electrons. The number of amides is 2. The van der Waals surface area contributed by atoms with Gasteiger partial charge in [-0.1, -0.05) is 30.3 Å². The van der Waals surface area contributed by atoms with Crippen LogP contribution in [0.4, 0.5) is 11.5 Å². The Hall–Kier alpha value is -3.78. The van der Waals surface area contributed by atoms with E-state index in [1.165, 1.54) is 6.20 Å². The first kappa shape index (κ1) is 21.5. The lowest BCUT2D eigenvalue weighted by Crippen LogP contribution is -2.43. The molecule has 1 aromatic heterocycles. The van der Waals surface area contributed by atoms with Crippen molar-refractivity contribution in [1.29, 1.82) is 0 Å². The fourth-order valence-electron chi connectivity index (χ4n) is 3.76. The highest BCUT2D eigenvalue weighted by Crippen LogP contribution is 2.21. The summed E-state index contributed by atoms with van der Waals surface area (Å²) in [4.78, 5) is 35.9. The topological polar surface area (TPSA) is 113 Å². The summed E-state index contributed by atoms with van der Waals surface area (Å²) in [5.74, 6) is -0.384. The van der Waals surface area contributed by atoms with Crippen molar-refractivity contribution in [3.05, 3.63) is 72.1 Å². The Balaban J connectivity index is 1.51. The predicted molar refractivity (Wildman–Crippen MR) is 124 cm³/mol. The van der Waals surface area contributed by atoms with Gasteiger partial charge in [0.05, 0.1) is 11.9 Å². The largest absolute Gasteiger partial charge is 0.382 e. The molecule has 4 N–H and O–H groups in total. The molecule has 0 bridgehead atoms. The summed E-state index contributed by atoms with van der Waals surface area (Å²) in [5, 5.41) is 6.08. The number of nitrogens with two attached hydrogens (primary N) is 1. The van der Waals surface area contributed by atoms with Gasteiger partial charge in [-0.2, -0.15) is 0 Å². The Bertz CT molecular complexity index is 1100. The van der Waals surface area contributed by atoms with Crippen LogP contribution in [-0.4, -0.2) is 52.9 Å². The number of rotatable bonds is 5. The summed E-state index contributed by atoms with van der Waals surface area (Å²) in [6.07, 6.45) is 3.43. The first-order chi connectivity index (χ1) is 15.5. The first-order valence-corrected chi connectivity index (χ1v) is 10.6. The van der Waals surface area contributed by atoms with E-state index in [2.05, 4.69) is 20.6 Å². The van der Waals surface area contributed by atoms with Gasteiger partial charge in [0.1, 0.15) is 0 Å². The minimum absolute atomic E-state index is 0.00484. The maximum Gasteiger partial charge on any atom is 0.278 e. The van der Waals surface area contributed by atoms with E-state index in [9.17, 15) is 9.59 Å². The number of aromatic nitrogens is 2. The summed E-state index contributed by atoms with van der Waals surface area (Å²) in [7, 11) is 1.86. The number of benzene rings is 2. The molecule has 8 nitrogen and oxygen atoms in total. The lowest BCUT2D eigenvalue weighted by molar-refractivity contribution is 0.0703. The Morgan fingerprint density at radius 2 is 1.75 bits per heavy atom. The third-order valence-electron chi connectivity index (χ3n) is 5.65. The molecule has 1 aliphatic rings. The van der Waals surface area contributed by atoms with Gasteiger partial charge in [0, 0.05) is 29.9 Å². The van der Waals surface area contributed by atoms with Gasteiger partial charge in [0.15, 0.2) is 11.5 Å². The molecule has 0 atom stereocenters. The van der Waals surface area contributed by atoms with Crippen LogP contribution in [0.5, 0.6) is 0 Å². The molecular weight excluding hydrogens is 404 g/mol. The molecule has 2 amide bonds. The van der Waals surface area contributed by atoms with E-state index in [0.717, 1.165) is 31.5 Å². The SMILES string of the molecule is CN(C(=O)c1ccc(-c2cnc(N)c(C(=O)Nc3ccccc3)n2)cc1)C1CCNCC1. The van der Waals surface area contributed by atoms with E-state index in [-0.39, 0.29) is 23.5 Å². The van der Waals surface area contributed by atoms with Gasteiger partial charge in [-0.05, 0) is 50.2 Å². The van der Waals surface area contributed by atoms with Gasteiger partial charge >= 0.3 is 0 Å².